The lowest BCUT2D eigenvalue weighted by molar-refractivity contribution is 0.0842. The van der Waals surface area contributed by atoms with Crippen LogP contribution in [0.4, 0.5) is 0 Å². The number of rotatable bonds is 6. The second-order valence-electron chi connectivity index (χ2n) is 3.54. The fourth-order valence-corrected chi connectivity index (χ4v) is 2.78. The smallest absolute Gasteiger partial charge is 0.0669 e. The lowest BCUT2D eigenvalue weighted by Crippen LogP contribution is -2.22. The molecule has 0 aliphatic heterocycles. The summed E-state index contributed by atoms with van der Waals surface area (Å²) in [6.07, 6.45) is -0.0261. The minimum absolute atomic E-state index is 0.0261. The molecule has 0 saturated carbocycles. The fraction of sp³-hybridized carbons (Fsp3) is 0.455. The first-order valence-corrected chi connectivity index (χ1v) is 7.27. The van der Waals surface area contributed by atoms with Gasteiger partial charge in [0.15, 0.2) is 0 Å². The Morgan fingerprint density at radius 3 is 2.82 bits per heavy atom. The third-order valence-electron chi connectivity index (χ3n) is 2.14. The topological polar surface area (TPSA) is 52.3 Å². The molecule has 0 radical (unpaired) electrons. The molecule has 3 nitrogen and oxygen atoms in total. The van der Waals surface area contributed by atoms with Crippen molar-refractivity contribution in [1.82, 2.24) is 0 Å². The van der Waals surface area contributed by atoms with Gasteiger partial charge in [-0.15, -0.1) is 0 Å². The zero-order valence-electron chi connectivity index (χ0n) is 9.49. The van der Waals surface area contributed by atoms with Crippen molar-refractivity contribution in [3.05, 3.63) is 28.2 Å². The summed E-state index contributed by atoms with van der Waals surface area (Å²) in [5.74, 6) is 0.379. The maximum Gasteiger partial charge on any atom is 0.0669 e. The van der Waals surface area contributed by atoms with Crippen molar-refractivity contribution in [2.45, 2.75) is 17.9 Å². The Balaban J connectivity index is 2.55. The Morgan fingerprint density at radius 2 is 2.18 bits per heavy atom. The van der Waals surface area contributed by atoms with Crippen LogP contribution in [-0.4, -0.2) is 29.2 Å². The Morgan fingerprint density at radius 1 is 1.47 bits per heavy atom. The van der Waals surface area contributed by atoms with Crippen molar-refractivity contribution in [3.8, 4) is 0 Å². The molecule has 0 aromatic heterocycles. The van der Waals surface area contributed by atoms with E-state index in [2.05, 4.69) is 0 Å². The van der Waals surface area contributed by atoms with Crippen LogP contribution in [0.25, 0.3) is 0 Å². The van der Waals surface area contributed by atoms with E-state index in [9.17, 15) is 4.21 Å². The van der Waals surface area contributed by atoms with Crippen LogP contribution in [0.2, 0.25) is 10.0 Å². The van der Waals surface area contributed by atoms with Gasteiger partial charge in [0.25, 0.3) is 0 Å². The van der Waals surface area contributed by atoms with Crippen LogP contribution < -0.4 is 5.73 Å². The van der Waals surface area contributed by atoms with Gasteiger partial charge in [-0.1, -0.05) is 23.2 Å². The Labute approximate surface area is 114 Å². The quantitative estimate of drug-likeness (QED) is 0.877. The van der Waals surface area contributed by atoms with Crippen LogP contribution in [0.15, 0.2) is 23.1 Å². The molecule has 1 rings (SSSR count). The molecule has 0 bridgehead atoms. The van der Waals surface area contributed by atoms with Crippen LogP contribution in [0.1, 0.15) is 6.92 Å². The predicted octanol–water partition coefficient (Wildman–Crippen LogP) is 2.46. The van der Waals surface area contributed by atoms with Crippen molar-refractivity contribution in [3.63, 3.8) is 0 Å². The Bertz CT molecular complexity index is 401. The Hall–Kier alpha value is -0.130. The summed E-state index contributed by atoms with van der Waals surface area (Å²) in [7, 11) is -1.21. The third-order valence-corrected chi connectivity index (χ3v) is 4.18. The average Bonchev–Trinajstić information content (AvgIpc) is 2.31. The van der Waals surface area contributed by atoms with E-state index in [1.165, 1.54) is 0 Å². The molecule has 0 aliphatic carbocycles. The molecule has 2 unspecified atom stereocenters. The largest absolute Gasteiger partial charge is 0.376 e. The van der Waals surface area contributed by atoms with Gasteiger partial charge in [0, 0.05) is 11.6 Å². The molecule has 0 fully saturated rings. The molecule has 1 aromatic carbocycles. The molecule has 17 heavy (non-hydrogen) atoms. The molecule has 6 heteroatoms. The van der Waals surface area contributed by atoms with Gasteiger partial charge in [-0.05, 0) is 25.1 Å². The summed E-state index contributed by atoms with van der Waals surface area (Å²) in [6, 6.07) is 4.92. The highest BCUT2D eigenvalue weighted by molar-refractivity contribution is 7.85. The third kappa shape index (κ3) is 4.94. The first kappa shape index (κ1) is 14.9. The molecule has 0 heterocycles. The van der Waals surface area contributed by atoms with Crippen molar-refractivity contribution >= 4 is 34.0 Å². The first-order chi connectivity index (χ1) is 8.04. The van der Waals surface area contributed by atoms with Crippen LogP contribution >= 0.6 is 23.2 Å². The number of hydrogen-bond acceptors (Lipinski definition) is 3. The molecule has 96 valence electrons. The van der Waals surface area contributed by atoms with E-state index in [0.29, 0.717) is 33.8 Å². The number of benzene rings is 1. The number of halogens is 2. The lowest BCUT2D eigenvalue weighted by atomic mass is 10.4. The van der Waals surface area contributed by atoms with E-state index in [-0.39, 0.29) is 6.10 Å². The monoisotopic (exact) mass is 295 g/mol. The molecule has 0 amide bonds. The van der Waals surface area contributed by atoms with Gasteiger partial charge in [0.2, 0.25) is 0 Å². The van der Waals surface area contributed by atoms with Crippen LogP contribution in [-0.2, 0) is 15.5 Å². The van der Waals surface area contributed by atoms with Gasteiger partial charge >= 0.3 is 0 Å². The highest BCUT2D eigenvalue weighted by Gasteiger charge is 2.10. The van der Waals surface area contributed by atoms with E-state index in [1.54, 1.807) is 18.2 Å². The van der Waals surface area contributed by atoms with Gasteiger partial charge in [-0.3, -0.25) is 4.21 Å². The number of ether oxygens (including phenoxy) is 1. The number of nitrogens with two attached hydrogens (primary N) is 1. The minimum atomic E-state index is -1.21. The van der Waals surface area contributed by atoms with Crippen molar-refractivity contribution in [2.75, 3.05) is 18.9 Å². The average molecular weight is 296 g/mol. The standard InChI is InChI=1S/C11H15Cl2NO2S/c1-8(7-14)16-4-5-17(15)11-6-9(12)2-3-10(11)13/h2-3,6,8H,4-5,7,14H2,1H3. The Kier molecular flexibility index (Phi) is 6.44. The van der Waals surface area contributed by atoms with E-state index in [1.807, 2.05) is 6.92 Å². The first-order valence-electron chi connectivity index (χ1n) is 5.19. The summed E-state index contributed by atoms with van der Waals surface area (Å²) < 4.78 is 17.3. The second-order valence-corrected chi connectivity index (χ2v) is 5.92. The second kappa shape index (κ2) is 7.34. The summed E-state index contributed by atoms with van der Waals surface area (Å²) in [5.41, 5.74) is 5.40. The van der Waals surface area contributed by atoms with Crippen LogP contribution in [0.5, 0.6) is 0 Å². The molecule has 1 aromatic rings. The summed E-state index contributed by atoms with van der Waals surface area (Å²) in [5, 5.41) is 0.980. The van der Waals surface area contributed by atoms with Gasteiger partial charge in [0.05, 0.1) is 39.2 Å². The number of hydrogen-bond donors (Lipinski definition) is 1. The van der Waals surface area contributed by atoms with E-state index >= 15 is 0 Å². The maximum absolute atomic E-state index is 11.9. The van der Waals surface area contributed by atoms with Crippen molar-refractivity contribution in [2.24, 2.45) is 5.73 Å². The zero-order valence-corrected chi connectivity index (χ0v) is 11.8. The highest BCUT2D eigenvalue weighted by atomic mass is 35.5. The molecular weight excluding hydrogens is 281 g/mol. The highest BCUT2D eigenvalue weighted by Crippen LogP contribution is 2.23. The van der Waals surface area contributed by atoms with E-state index < -0.39 is 10.8 Å². The van der Waals surface area contributed by atoms with Gasteiger partial charge < -0.3 is 10.5 Å². The molecule has 0 saturated heterocycles. The van der Waals surface area contributed by atoms with E-state index in [0.717, 1.165) is 0 Å². The SMILES string of the molecule is CC(CN)OCCS(=O)c1cc(Cl)ccc1Cl. The van der Waals surface area contributed by atoms with E-state index in [4.69, 9.17) is 33.7 Å². The molecule has 2 N–H and O–H groups in total. The lowest BCUT2D eigenvalue weighted by Gasteiger charge is -2.10. The summed E-state index contributed by atoms with van der Waals surface area (Å²) >= 11 is 11.8. The minimum Gasteiger partial charge on any atom is -0.376 e. The molecule has 0 spiro atoms. The summed E-state index contributed by atoms with van der Waals surface area (Å²) in [4.78, 5) is 0.545. The molecule has 0 aliphatic rings. The van der Waals surface area contributed by atoms with Crippen molar-refractivity contribution in [1.29, 1.82) is 0 Å². The van der Waals surface area contributed by atoms with Crippen LogP contribution in [0, 0.1) is 0 Å². The normalized spacial score (nSPS) is 14.6. The van der Waals surface area contributed by atoms with Gasteiger partial charge in [-0.2, -0.15) is 0 Å². The maximum atomic E-state index is 11.9. The van der Waals surface area contributed by atoms with Gasteiger partial charge in [0.1, 0.15) is 0 Å². The van der Waals surface area contributed by atoms with Gasteiger partial charge in [-0.25, -0.2) is 0 Å². The molecular formula is C11H15Cl2NO2S. The molecule has 2 atom stereocenters. The fourth-order valence-electron chi connectivity index (χ4n) is 1.15. The van der Waals surface area contributed by atoms with Crippen LogP contribution in [0.3, 0.4) is 0 Å². The zero-order chi connectivity index (χ0) is 12.8. The predicted molar refractivity (Wildman–Crippen MR) is 72.2 cm³/mol. The summed E-state index contributed by atoms with van der Waals surface area (Å²) in [6.45, 7) is 2.70. The van der Waals surface area contributed by atoms with Crippen molar-refractivity contribution < 1.29 is 8.95 Å².